The molecule has 2 fully saturated rings. The number of piperazine rings is 1. The van der Waals surface area contributed by atoms with Gasteiger partial charge in [-0.05, 0) is 30.5 Å². The number of hydrogen-bond acceptors (Lipinski definition) is 3. The Morgan fingerprint density at radius 3 is 2.58 bits per heavy atom. The van der Waals surface area contributed by atoms with Gasteiger partial charge >= 0.3 is 0 Å². The molecular weight excluding hydrogens is 244 g/mol. The van der Waals surface area contributed by atoms with E-state index in [1.807, 2.05) is 18.2 Å². The molecule has 0 aromatic heterocycles. The molecule has 1 aliphatic heterocycles. The Labute approximate surface area is 111 Å². The first-order valence-electron chi connectivity index (χ1n) is 6.37. The Kier molecular flexibility index (Phi) is 2.60. The third-order valence-corrected chi connectivity index (χ3v) is 3.81. The number of aliphatic hydroxyl groups is 1. The quantitative estimate of drug-likeness (QED) is 0.841. The van der Waals surface area contributed by atoms with Crippen molar-refractivity contribution in [1.29, 1.82) is 0 Å². The summed E-state index contributed by atoms with van der Waals surface area (Å²) in [4.78, 5) is 26.6. The van der Waals surface area contributed by atoms with E-state index < -0.39 is 5.60 Å². The number of likely N-dealkylation sites (N-methyl/N-ethyl adjacent to an activating group) is 1. The van der Waals surface area contributed by atoms with E-state index >= 15 is 0 Å². The van der Waals surface area contributed by atoms with Crippen LogP contribution in [0.15, 0.2) is 24.3 Å². The predicted octanol–water partition coefficient (Wildman–Crippen LogP) is 0.473. The zero-order valence-corrected chi connectivity index (χ0v) is 10.8. The number of anilines is 1. The molecule has 3 rings (SSSR count). The van der Waals surface area contributed by atoms with Crippen molar-refractivity contribution in [3.8, 4) is 0 Å². The molecule has 1 heterocycles. The second-order valence-corrected chi connectivity index (χ2v) is 5.31. The molecular formula is C14H16N2O3. The minimum atomic E-state index is -0.727. The van der Waals surface area contributed by atoms with Crippen LogP contribution in [0.5, 0.6) is 0 Å². The molecule has 0 spiro atoms. The third kappa shape index (κ3) is 2.10. The molecule has 1 aromatic carbocycles. The first kappa shape index (κ1) is 12.2. The van der Waals surface area contributed by atoms with Crippen LogP contribution in [-0.4, -0.2) is 42.0 Å². The van der Waals surface area contributed by atoms with Crippen molar-refractivity contribution in [2.75, 3.05) is 25.0 Å². The van der Waals surface area contributed by atoms with Crippen molar-refractivity contribution in [1.82, 2.24) is 4.90 Å². The Balaban J connectivity index is 1.89. The molecule has 0 atom stereocenters. The number of benzene rings is 1. The van der Waals surface area contributed by atoms with E-state index in [4.69, 9.17) is 0 Å². The maximum Gasteiger partial charge on any atom is 0.247 e. The lowest BCUT2D eigenvalue weighted by Gasteiger charge is -2.32. The highest BCUT2D eigenvalue weighted by Gasteiger charge is 2.42. The van der Waals surface area contributed by atoms with Crippen LogP contribution >= 0.6 is 0 Å². The highest BCUT2D eigenvalue weighted by Crippen LogP contribution is 2.45. The van der Waals surface area contributed by atoms with Gasteiger partial charge in [-0.15, -0.1) is 0 Å². The molecule has 1 saturated carbocycles. The Hall–Kier alpha value is -1.88. The van der Waals surface area contributed by atoms with Gasteiger partial charge in [-0.3, -0.25) is 9.59 Å². The fourth-order valence-corrected chi connectivity index (χ4v) is 2.33. The Morgan fingerprint density at radius 1 is 1.16 bits per heavy atom. The second kappa shape index (κ2) is 4.06. The van der Waals surface area contributed by atoms with E-state index in [9.17, 15) is 14.7 Å². The molecule has 2 aliphatic rings. The summed E-state index contributed by atoms with van der Waals surface area (Å²) in [6.45, 7) is 0.171. The largest absolute Gasteiger partial charge is 0.385 e. The standard InChI is InChI=1S/C14H16N2O3/c1-15-8-13(18)16(9-12(15)17)11-4-2-3-10(7-11)14(19)5-6-14/h2-4,7,19H,5-6,8-9H2,1H3. The first-order chi connectivity index (χ1) is 8.99. The van der Waals surface area contributed by atoms with Crippen molar-refractivity contribution >= 4 is 17.5 Å². The van der Waals surface area contributed by atoms with Gasteiger partial charge in [0, 0.05) is 12.7 Å². The predicted molar refractivity (Wildman–Crippen MR) is 69.6 cm³/mol. The fraction of sp³-hybridized carbons (Fsp3) is 0.429. The molecule has 1 aromatic rings. The molecule has 1 aliphatic carbocycles. The summed E-state index contributed by atoms with van der Waals surface area (Å²) >= 11 is 0. The van der Waals surface area contributed by atoms with Crippen LogP contribution in [0.25, 0.3) is 0 Å². The van der Waals surface area contributed by atoms with E-state index in [0.717, 1.165) is 18.4 Å². The van der Waals surface area contributed by atoms with Crippen LogP contribution in [0.2, 0.25) is 0 Å². The van der Waals surface area contributed by atoms with E-state index in [1.54, 1.807) is 13.1 Å². The van der Waals surface area contributed by atoms with E-state index in [2.05, 4.69) is 0 Å². The van der Waals surface area contributed by atoms with Crippen molar-refractivity contribution in [3.05, 3.63) is 29.8 Å². The number of nitrogens with zero attached hydrogens (tertiary/aromatic N) is 2. The molecule has 1 saturated heterocycles. The lowest BCUT2D eigenvalue weighted by atomic mass is 10.1. The minimum absolute atomic E-state index is 0.0667. The number of carbonyl (C=O) groups excluding carboxylic acids is 2. The normalized spacial score (nSPS) is 21.8. The van der Waals surface area contributed by atoms with Gasteiger partial charge in [0.15, 0.2) is 0 Å². The number of hydrogen-bond donors (Lipinski definition) is 1. The topological polar surface area (TPSA) is 60.9 Å². The average Bonchev–Trinajstić information content (AvgIpc) is 3.13. The molecule has 1 N–H and O–H groups in total. The first-order valence-corrected chi connectivity index (χ1v) is 6.37. The summed E-state index contributed by atoms with van der Waals surface area (Å²) < 4.78 is 0. The van der Waals surface area contributed by atoms with Crippen LogP contribution in [0.1, 0.15) is 18.4 Å². The van der Waals surface area contributed by atoms with Gasteiger partial charge in [-0.2, -0.15) is 0 Å². The fourth-order valence-electron chi connectivity index (χ4n) is 2.33. The highest BCUT2D eigenvalue weighted by molar-refractivity contribution is 6.04. The molecule has 5 heteroatoms. The zero-order chi connectivity index (χ0) is 13.6. The van der Waals surface area contributed by atoms with Crippen LogP contribution in [0.4, 0.5) is 5.69 Å². The maximum atomic E-state index is 12.0. The maximum absolute atomic E-state index is 12.0. The second-order valence-electron chi connectivity index (χ2n) is 5.31. The highest BCUT2D eigenvalue weighted by atomic mass is 16.3. The summed E-state index contributed by atoms with van der Waals surface area (Å²) in [6, 6.07) is 7.28. The molecule has 0 radical (unpaired) electrons. The summed E-state index contributed by atoms with van der Waals surface area (Å²) in [7, 11) is 1.63. The van der Waals surface area contributed by atoms with Crippen molar-refractivity contribution in [3.63, 3.8) is 0 Å². The molecule has 19 heavy (non-hydrogen) atoms. The van der Waals surface area contributed by atoms with Gasteiger partial charge in [-0.25, -0.2) is 0 Å². The average molecular weight is 260 g/mol. The van der Waals surface area contributed by atoms with Crippen molar-refractivity contribution in [2.45, 2.75) is 18.4 Å². The third-order valence-electron chi connectivity index (χ3n) is 3.81. The van der Waals surface area contributed by atoms with Gasteiger partial charge in [0.2, 0.25) is 11.8 Å². The minimum Gasteiger partial charge on any atom is -0.385 e. The van der Waals surface area contributed by atoms with Gasteiger partial charge in [0.05, 0.1) is 12.1 Å². The monoisotopic (exact) mass is 260 g/mol. The zero-order valence-electron chi connectivity index (χ0n) is 10.8. The summed E-state index contributed by atoms with van der Waals surface area (Å²) in [6.07, 6.45) is 1.51. The molecule has 0 unspecified atom stereocenters. The van der Waals surface area contributed by atoms with Crippen LogP contribution in [-0.2, 0) is 15.2 Å². The van der Waals surface area contributed by atoms with E-state index in [0.29, 0.717) is 5.69 Å². The Bertz CT molecular complexity index is 551. The summed E-state index contributed by atoms with van der Waals surface area (Å²) in [5, 5.41) is 10.1. The van der Waals surface area contributed by atoms with Gasteiger partial charge in [0.1, 0.15) is 6.54 Å². The van der Waals surface area contributed by atoms with Crippen molar-refractivity contribution in [2.24, 2.45) is 0 Å². The van der Waals surface area contributed by atoms with Crippen molar-refractivity contribution < 1.29 is 14.7 Å². The van der Waals surface area contributed by atoms with Crippen LogP contribution in [0, 0.1) is 0 Å². The van der Waals surface area contributed by atoms with Gasteiger partial charge in [-0.1, -0.05) is 12.1 Å². The van der Waals surface area contributed by atoms with Gasteiger partial charge in [0.25, 0.3) is 0 Å². The molecule has 2 amide bonds. The smallest absolute Gasteiger partial charge is 0.247 e. The number of rotatable bonds is 2. The number of amides is 2. The van der Waals surface area contributed by atoms with E-state index in [1.165, 1.54) is 9.80 Å². The molecule has 5 nitrogen and oxygen atoms in total. The van der Waals surface area contributed by atoms with E-state index in [-0.39, 0.29) is 24.9 Å². The van der Waals surface area contributed by atoms with Crippen LogP contribution < -0.4 is 4.90 Å². The van der Waals surface area contributed by atoms with Crippen LogP contribution in [0.3, 0.4) is 0 Å². The Morgan fingerprint density at radius 2 is 1.89 bits per heavy atom. The molecule has 0 bridgehead atoms. The summed E-state index contributed by atoms with van der Waals surface area (Å²) in [5.74, 6) is -0.169. The lowest BCUT2D eigenvalue weighted by molar-refractivity contribution is -0.136. The summed E-state index contributed by atoms with van der Waals surface area (Å²) in [5.41, 5.74) is 0.781. The molecule has 100 valence electrons. The lowest BCUT2D eigenvalue weighted by Crippen LogP contribution is -2.52. The number of carbonyl (C=O) groups is 2. The SMILES string of the molecule is CN1CC(=O)N(c2cccc(C3(O)CC3)c2)CC1=O. The van der Waals surface area contributed by atoms with Gasteiger partial charge < -0.3 is 14.9 Å².